The number of rotatable bonds is 4. The fourth-order valence-corrected chi connectivity index (χ4v) is 5.14. The lowest BCUT2D eigenvalue weighted by molar-refractivity contribution is 0.0697. The van der Waals surface area contributed by atoms with Crippen molar-refractivity contribution in [3.05, 3.63) is 38.4 Å². The van der Waals surface area contributed by atoms with Gasteiger partial charge in [-0.15, -0.1) is 0 Å². The Balaban J connectivity index is 2.48. The molecule has 2 N–H and O–H groups in total. The summed E-state index contributed by atoms with van der Waals surface area (Å²) in [5, 5.41) is 9.10. The van der Waals surface area contributed by atoms with Gasteiger partial charge in [-0.2, -0.15) is 4.37 Å². The minimum Gasteiger partial charge on any atom is -0.478 e. The topological polar surface area (TPSA) is 96.4 Å². The number of carbonyl (C=O) groups is 1. The monoisotopic (exact) mass is 454 g/mol. The Bertz CT molecular complexity index is 818. The van der Waals surface area contributed by atoms with Gasteiger partial charge in [-0.25, -0.2) is 13.2 Å². The van der Waals surface area contributed by atoms with E-state index in [-0.39, 0.29) is 21.2 Å². The molecule has 6 nitrogen and oxygen atoms in total. The maximum absolute atomic E-state index is 12.4. The number of aryl methyl sites for hydroxylation is 1. The molecule has 0 aliphatic carbocycles. The van der Waals surface area contributed by atoms with Crippen molar-refractivity contribution in [2.45, 2.75) is 11.8 Å². The second kappa shape index (κ2) is 6.03. The molecule has 1 aromatic carbocycles. The van der Waals surface area contributed by atoms with Gasteiger partial charge in [0, 0.05) is 8.95 Å². The molecule has 0 aliphatic rings. The van der Waals surface area contributed by atoms with Gasteiger partial charge in [0.1, 0.15) is 15.5 Å². The number of carboxylic acid groups (broad SMARTS) is 1. The third kappa shape index (κ3) is 3.44. The van der Waals surface area contributed by atoms with Crippen LogP contribution in [0, 0.1) is 6.92 Å². The molecule has 0 spiro atoms. The van der Waals surface area contributed by atoms with Gasteiger partial charge >= 0.3 is 5.97 Å². The Morgan fingerprint density at radius 1 is 1.38 bits per heavy atom. The second-order valence-corrected chi connectivity index (χ2v) is 8.15. The van der Waals surface area contributed by atoms with Crippen molar-refractivity contribution in [1.29, 1.82) is 0 Å². The first-order chi connectivity index (χ1) is 9.72. The number of anilines is 1. The summed E-state index contributed by atoms with van der Waals surface area (Å²) in [5.41, 5.74) is 0.119. The largest absolute Gasteiger partial charge is 0.478 e. The van der Waals surface area contributed by atoms with Gasteiger partial charge in [0.25, 0.3) is 10.0 Å². The van der Waals surface area contributed by atoms with E-state index in [1.807, 2.05) is 0 Å². The zero-order valence-electron chi connectivity index (χ0n) is 10.4. The van der Waals surface area contributed by atoms with Crippen molar-refractivity contribution in [2.24, 2.45) is 0 Å². The first kappa shape index (κ1) is 16.4. The molecule has 1 aromatic heterocycles. The normalized spacial score (nSPS) is 11.4. The molecule has 10 heteroatoms. The molecule has 0 saturated carbocycles. The summed E-state index contributed by atoms with van der Waals surface area (Å²) < 4.78 is 31.9. The van der Waals surface area contributed by atoms with Crippen LogP contribution in [0.25, 0.3) is 0 Å². The number of halogens is 2. The summed E-state index contributed by atoms with van der Waals surface area (Å²) >= 11 is 7.15. The van der Waals surface area contributed by atoms with Crippen LogP contribution in [0.15, 0.2) is 32.0 Å². The molecule has 0 bridgehead atoms. The third-order valence-electron chi connectivity index (χ3n) is 2.49. The highest BCUT2D eigenvalue weighted by Crippen LogP contribution is 2.31. The Morgan fingerprint density at radius 2 is 2.05 bits per heavy atom. The van der Waals surface area contributed by atoms with E-state index < -0.39 is 16.0 Å². The van der Waals surface area contributed by atoms with E-state index in [4.69, 9.17) is 5.11 Å². The summed E-state index contributed by atoms with van der Waals surface area (Å²) in [6.45, 7) is 1.51. The van der Waals surface area contributed by atoms with Crippen molar-refractivity contribution in [3.8, 4) is 0 Å². The van der Waals surface area contributed by atoms with Crippen LogP contribution in [0.1, 0.15) is 16.1 Å². The van der Waals surface area contributed by atoms with E-state index in [2.05, 4.69) is 41.0 Å². The lowest BCUT2D eigenvalue weighted by Crippen LogP contribution is -2.15. The van der Waals surface area contributed by atoms with Gasteiger partial charge in [0.05, 0.1) is 5.69 Å². The number of aromatic carboxylic acids is 1. The SMILES string of the molecule is Cc1nsc(NS(=O)(=O)c2cc(Br)ccc2Br)c1C(=O)O. The molecule has 21 heavy (non-hydrogen) atoms. The third-order valence-corrected chi connectivity index (χ3v) is 6.31. The number of nitrogens with zero attached hydrogens (tertiary/aromatic N) is 1. The predicted molar refractivity (Wildman–Crippen MR) is 86.5 cm³/mol. The van der Waals surface area contributed by atoms with Crippen LogP contribution in [0.5, 0.6) is 0 Å². The van der Waals surface area contributed by atoms with Crippen LogP contribution < -0.4 is 4.72 Å². The summed E-state index contributed by atoms with van der Waals surface area (Å²) in [4.78, 5) is 11.2. The van der Waals surface area contributed by atoms with E-state index in [1.165, 1.54) is 13.0 Å². The van der Waals surface area contributed by atoms with Crippen molar-refractivity contribution in [3.63, 3.8) is 0 Å². The molecule has 2 aromatic rings. The van der Waals surface area contributed by atoms with Gasteiger partial charge < -0.3 is 5.11 Å². The highest BCUT2D eigenvalue weighted by atomic mass is 79.9. The Kier molecular flexibility index (Phi) is 4.71. The molecule has 0 fully saturated rings. The number of sulfonamides is 1. The van der Waals surface area contributed by atoms with E-state index >= 15 is 0 Å². The Morgan fingerprint density at radius 3 is 2.67 bits per heavy atom. The average Bonchev–Trinajstić information content (AvgIpc) is 2.72. The molecule has 112 valence electrons. The van der Waals surface area contributed by atoms with Crippen molar-refractivity contribution >= 4 is 64.4 Å². The molecule has 0 aliphatic heterocycles. The van der Waals surface area contributed by atoms with Crippen LogP contribution >= 0.6 is 43.4 Å². The zero-order chi connectivity index (χ0) is 15.8. The maximum atomic E-state index is 12.4. The Labute approximate surface area is 141 Å². The highest BCUT2D eigenvalue weighted by molar-refractivity contribution is 9.11. The maximum Gasteiger partial charge on any atom is 0.340 e. The molecule has 0 amide bonds. The number of hydrogen-bond acceptors (Lipinski definition) is 5. The fourth-order valence-electron chi connectivity index (χ4n) is 1.55. The van der Waals surface area contributed by atoms with Gasteiger partial charge in [-0.1, -0.05) is 15.9 Å². The molecular formula is C11H8Br2N2O4S2. The van der Waals surface area contributed by atoms with Gasteiger partial charge in [0.2, 0.25) is 0 Å². The molecule has 0 atom stereocenters. The first-order valence-electron chi connectivity index (χ1n) is 5.40. The molecule has 0 saturated heterocycles. The van der Waals surface area contributed by atoms with Crippen molar-refractivity contribution < 1.29 is 18.3 Å². The second-order valence-electron chi connectivity index (χ2n) is 3.96. The highest BCUT2D eigenvalue weighted by Gasteiger charge is 2.24. The average molecular weight is 456 g/mol. The number of benzene rings is 1. The van der Waals surface area contributed by atoms with Crippen LogP contribution in [-0.2, 0) is 10.0 Å². The minimum atomic E-state index is -3.93. The quantitative estimate of drug-likeness (QED) is 0.735. The number of hydrogen-bond donors (Lipinski definition) is 2. The van der Waals surface area contributed by atoms with Crippen LogP contribution in [0.2, 0.25) is 0 Å². The van der Waals surface area contributed by atoms with E-state index in [0.717, 1.165) is 11.5 Å². The predicted octanol–water partition coefficient (Wildman–Crippen LogP) is 3.48. The van der Waals surface area contributed by atoms with Crippen LogP contribution in [0.3, 0.4) is 0 Å². The Hall–Kier alpha value is -0.970. The van der Waals surface area contributed by atoms with Gasteiger partial charge in [0.15, 0.2) is 0 Å². The summed E-state index contributed by atoms with van der Waals surface area (Å²) in [5.74, 6) is -1.23. The summed E-state index contributed by atoms with van der Waals surface area (Å²) in [6.07, 6.45) is 0. The summed E-state index contributed by atoms with van der Waals surface area (Å²) in [6, 6.07) is 4.68. The molecule has 0 radical (unpaired) electrons. The summed E-state index contributed by atoms with van der Waals surface area (Å²) in [7, 11) is -3.93. The van der Waals surface area contributed by atoms with Crippen LogP contribution in [0.4, 0.5) is 5.00 Å². The number of aromatic nitrogens is 1. The number of nitrogens with one attached hydrogen (secondary N) is 1. The fraction of sp³-hybridized carbons (Fsp3) is 0.0909. The molecule has 2 rings (SSSR count). The van der Waals surface area contributed by atoms with Gasteiger partial charge in [-0.3, -0.25) is 4.72 Å². The van der Waals surface area contributed by atoms with Gasteiger partial charge in [-0.05, 0) is 52.6 Å². The lowest BCUT2D eigenvalue weighted by Gasteiger charge is -2.09. The smallest absolute Gasteiger partial charge is 0.340 e. The minimum absolute atomic E-state index is 0.000679. The van der Waals surface area contributed by atoms with E-state index in [1.54, 1.807) is 12.1 Å². The van der Waals surface area contributed by atoms with Crippen LogP contribution in [-0.4, -0.2) is 23.9 Å². The van der Waals surface area contributed by atoms with Crippen molar-refractivity contribution in [2.75, 3.05) is 4.72 Å². The van der Waals surface area contributed by atoms with E-state index in [9.17, 15) is 13.2 Å². The molecular weight excluding hydrogens is 448 g/mol. The standard InChI is InChI=1S/C11H8Br2N2O4S2/c1-5-9(11(16)17)10(20-14-5)15-21(18,19)8-4-6(12)2-3-7(8)13/h2-4,15H,1H3,(H,16,17). The molecule has 0 unspecified atom stereocenters. The molecule has 1 heterocycles. The number of carboxylic acids is 1. The van der Waals surface area contributed by atoms with Crippen molar-refractivity contribution in [1.82, 2.24) is 4.37 Å². The first-order valence-corrected chi connectivity index (χ1v) is 9.24. The van der Waals surface area contributed by atoms with E-state index in [0.29, 0.717) is 8.95 Å². The zero-order valence-corrected chi connectivity index (χ0v) is 15.2. The lowest BCUT2D eigenvalue weighted by atomic mass is 10.2.